The lowest BCUT2D eigenvalue weighted by atomic mass is 10.1. The van der Waals surface area contributed by atoms with E-state index in [9.17, 15) is 18.9 Å². The fourth-order valence-electron chi connectivity index (χ4n) is 1.29. The molecule has 1 heterocycles. The van der Waals surface area contributed by atoms with Crippen LogP contribution < -0.4 is 0 Å². The number of imidazole rings is 1. The summed E-state index contributed by atoms with van der Waals surface area (Å²) in [7, 11) is 0. The van der Waals surface area contributed by atoms with E-state index in [4.69, 9.17) is 0 Å². The van der Waals surface area contributed by atoms with Crippen molar-refractivity contribution in [1.29, 1.82) is 0 Å². The standard InChI is InChI=1S/C9H5F2N3O2/c10-6-2-9(14(15)16)7(11)1-5(6)8-3-12-4-13-8/h1-4H,(H,12,13). The van der Waals surface area contributed by atoms with Crippen LogP contribution in [0, 0.1) is 21.7 Å². The quantitative estimate of drug-likeness (QED) is 0.629. The fraction of sp³-hybridized carbons (Fsp3) is 0. The molecule has 1 aromatic heterocycles. The van der Waals surface area contributed by atoms with E-state index < -0.39 is 22.2 Å². The van der Waals surface area contributed by atoms with E-state index in [1.807, 2.05) is 0 Å². The van der Waals surface area contributed by atoms with Crippen LogP contribution in [0.2, 0.25) is 0 Å². The molecule has 16 heavy (non-hydrogen) atoms. The van der Waals surface area contributed by atoms with E-state index in [0.717, 1.165) is 6.07 Å². The zero-order valence-electron chi connectivity index (χ0n) is 7.78. The second-order valence-corrected chi connectivity index (χ2v) is 3.01. The maximum absolute atomic E-state index is 13.4. The van der Waals surface area contributed by atoms with Crippen molar-refractivity contribution in [2.24, 2.45) is 0 Å². The largest absolute Gasteiger partial charge is 0.345 e. The first kappa shape index (κ1) is 10.2. The molecule has 2 rings (SSSR count). The molecule has 2 aromatic rings. The monoisotopic (exact) mass is 225 g/mol. The van der Waals surface area contributed by atoms with Crippen LogP contribution in [0.25, 0.3) is 11.3 Å². The summed E-state index contributed by atoms with van der Waals surface area (Å²) < 4.78 is 26.7. The Kier molecular flexibility index (Phi) is 2.35. The molecule has 0 aliphatic rings. The predicted octanol–water partition coefficient (Wildman–Crippen LogP) is 2.26. The lowest BCUT2D eigenvalue weighted by Gasteiger charge is -2.01. The lowest BCUT2D eigenvalue weighted by Crippen LogP contribution is -1.95. The Hall–Kier alpha value is -2.31. The van der Waals surface area contributed by atoms with Crippen LogP contribution in [-0.4, -0.2) is 14.9 Å². The number of nitro groups is 1. The maximum atomic E-state index is 13.4. The van der Waals surface area contributed by atoms with Crippen molar-refractivity contribution in [1.82, 2.24) is 9.97 Å². The molecule has 5 nitrogen and oxygen atoms in total. The summed E-state index contributed by atoms with van der Waals surface area (Å²) >= 11 is 0. The van der Waals surface area contributed by atoms with Crippen molar-refractivity contribution in [2.45, 2.75) is 0 Å². The first-order valence-corrected chi connectivity index (χ1v) is 4.22. The normalized spacial score (nSPS) is 10.4. The molecule has 82 valence electrons. The van der Waals surface area contributed by atoms with E-state index in [1.54, 1.807) is 0 Å². The third-order valence-electron chi connectivity index (χ3n) is 2.02. The van der Waals surface area contributed by atoms with Crippen molar-refractivity contribution < 1.29 is 13.7 Å². The summed E-state index contributed by atoms with van der Waals surface area (Å²) in [6.07, 6.45) is 2.60. The highest BCUT2D eigenvalue weighted by Gasteiger charge is 2.19. The molecule has 0 aliphatic heterocycles. The van der Waals surface area contributed by atoms with Gasteiger partial charge in [0.1, 0.15) is 5.82 Å². The van der Waals surface area contributed by atoms with Gasteiger partial charge >= 0.3 is 5.69 Å². The van der Waals surface area contributed by atoms with Crippen molar-refractivity contribution in [2.75, 3.05) is 0 Å². The Labute approximate surface area is 87.9 Å². The maximum Gasteiger partial charge on any atom is 0.307 e. The Morgan fingerprint density at radius 1 is 1.31 bits per heavy atom. The van der Waals surface area contributed by atoms with E-state index in [0.29, 0.717) is 6.07 Å². The number of benzene rings is 1. The van der Waals surface area contributed by atoms with Crippen LogP contribution in [0.15, 0.2) is 24.7 Å². The number of halogens is 2. The van der Waals surface area contributed by atoms with E-state index in [1.165, 1.54) is 12.5 Å². The topological polar surface area (TPSA) is 71.8 Å². The van der Waals surface area contributed by atoms with Gasteiger partial charge in [0.2, 0.25) is 5.82 Å². The van der Waals surface area contributed by atoms with Crippen LogP contribution in [0.5, 0.6) is 0 Å². The Morgan fingerprint density at radius 3 is 2.62 bits per heavy atom. The van der Waals surface area contributed by atoms with Crippen molar-refractivity contribution in [3.63, 3.8) is 0 Å². The second-order valence-electron chi connectivity index (χ2n) is 3.01. The Balaban J connectivity index is 2.59. The number of hydrogen-bond acceptors (Lipinski definition) is 3. The van der Waals surface area contributed by atoms with Gasteiger partial charge in [-0.1, -0.05) is 0 Å². The summed E-state index contributed by atoms with van der Waals surface area (Å²) in [6, 6.07) is 1.31. The Morgan fingerprint density at radius 2 is 2.06 bits per heavy atom. The highest BCUT2D eigenvalue weighted by molar-refractivity contribution is 5.61. The number of nitrogens with zero attached hydrogens (tertiary/aromatic N) is 2. The van der Waals surface area contributed by atoms with Crippen LogP contribution in [0.3, 0.4) is 0 Å². The molecule has 0 atom stereocenters. The van der Waals surface area contributed by atoms with Gasteiger partial charge in [0, 0.05) is 5.56 Å². The molecule has 1 aromatic carbocycles. The third kappa shape index (κ3) is 1.62. The average Bonchev–Trinajstić information content (AvgIpc) is 2.73. The molecule has 0 saturated heterocycles. The molecule has 0 unspecified atom stereocenters. The summed E-state index contributed by atoms with van der Waals surface area (Å²) in [5, 5.41) is 10.4. The number of hydrogen-bond donors (Lipinski definition) is 1. The minimum Gasteiger partial charge on any atom is -0.345 e. The number of H-pyrrole nitrogens is 1. The van der Waals surface area contributed by atoms with Gasteiger partial charge in [-0.15, -0.1) is 0 Å². The molecule has 0 amide bonds. The molecule has 0 bridgehead atoms. The van der Waals surface area contributed by atoms with Crippen molar-refractivity contribution in [3.05, 3.63) is 46.4 Å². The first-order chi connectivity index (χ1) is 7.59. The SMILES string of the molecule is O=[N+]([O-])c1cc(F)c(-c2cnc[nH]2)cc1F. The third-order valence-corrected chi connectivity index (χ3v) is 2.02. The molecular weight excluding hydrogens is 220 g/mol. The molecule has 0 saturated carbocycles. The smallest absolute Gasteiger partial charge is 0.307 e. The van der Waals surface area contributed by atoms with Gasteiger partial charge < -0.3 is 4.98 Å². The number of aromatic nitrogens is 2. The molecular formula is C9H5F2N3O2. The van der Waals surface area contributed by atoms with Crippen LogP contribution in [0.1, 0.15) is 0 Å². The van der Waals surface area contributed by atoms with Gasteiger partial charge in [0.15, 0.2) is 0 Å². The van der Waals surface area contributed by atoms with Gasteiger partial charge in [-0.3, -0.25) is 10.1 Å². The minimum absolute atomic E-state index is 0.0967. The van der Waals surface area contributed by atoms with E-state index >= 15 is 0 Å². The number of rotatable bonds is 2. The molecule has 1 N–H and O–H groups in total. The zero-order valence-corrected chi connectivity index (χ0v) is 7.78. The van der Waals surface area contributed by atoms with Crippen LogP contribution >= 0.6 is 0 Å². The predicted molar refractivity (Wildman–Crippen MR) is 50.6 cm³/mol. The van der Waals surface area contributed by atoms with E-state index in [-0.39, 0.29) is 11.3 Å². The van der Waals surface area contributed by atoms with Gasteiger partial charge in [0.25, 0.3) is 0 Å². The van der Waals surface area contributed by atoms with E-state index in [2.05, 4.69) is 9.97 Å². The van der Waals surface area contributed by atoms with Crippen LogP contribution in [-0.2, 0) is 0 Å². The van der Waals surface area contributed by atoms with Gasteiger partial charge in [-0.05, 0) is 6.07 Å². The number of nitrogens with one attached hydrogen (secondary N) is 1. The molecule has 0 fully saturated rings. The fourth-order valence-corrected chi connectivity index (χ4v) is 1.29. The molecule has 0 spiro atoms. The van der Waals surface area contributed by atoms with Crippen molar-refractivity contribution >= 4 is 5.69 Å². The average molecular weight is 225 g/mol. The van der Waals surface area contributed by atoms with Gasteiger partial charge in [-0.25, -0.2) is 9.37 Å². The minimum atomic E-state index is -1.09. The number of aromatic amines is 1. The highest BCUT2D eigenvalue weighted by atomic mass is 19.1. The summed E-state index contributed by atoms with van der Waals surface area (Å²) in [4.78, 5) is 15.6. The molecule has 0 radical (unpaired) electrons. The molecule has 7 heteroatoms. The molecule has 0 aliphatic carbocycles. The Bertz CT molecular complexity index is 540. The summed E-state index contributed by atoms with van der Waals surface area (Å²) in [6.45, 7) is 0. The second kappa shape index (κ2) is 3.69. The number of nitro benzene ring substituents is 1. The summed E-state index contributed by atoms with van der Waals surface area (Å²) in [5.74, 6) is -1.96. The van der Waals surface area contributed by atoms with Crippen LogP contribution in [0.4, 0.5) is 14.5 Å². The van der Waals surface area contributed by atoms with Gasteiger partial charge in [0.05, 0.1) is 29.2 Å². The lowest BCUT2D eigenvalue weighted by molar-refractivity contribution is -0.387. The van der Waals surface area contributed by atoms with Crippen molar-refractivity contribution in [3.8, 4) is 11.3 Å². The summed E-state index contributed by atoms with van der Waals surface area (Å²) in [5.41, 5.74) is -0.729. The van der Waals surface area contributed by atoms with Gasteiger partial charge in [-0.2, -0.15) is 4.39 Å². The first-order valence-electron chi connectivity index (χ1n) is 4.22. The zero-order chi connectivity index (χ0) is 11.7. The highest BCUT2D eigenvalue weighted by Crippen LogP contribution is 2.27.